The van der Waals surface area contributed by atoms with Crippen LogP contribution in [-0.2, 0) is 10.0 Å². The molecule has 0 unspecified atom stereocenters. The number of nitrogens with one attached hydrogen (secondary N) is 2. The van der Waals surface area contributed by atoms with Crippen LogP contribution in [0.15, 0.2) is 88.7 Å². The molecule has 0 fully saturated rings. The molecule has 0 aliphatic carbocycles. The zero-order valence-electron chi connectivity index (χ0n) is 16.3. The second kappa shape index (κ2) is 10.1. The van der Waals surface area contributed by atoms with Gasteiger partial charge in [-0.2, -0.15) is 8.78 Å². The van der Waals surface area contributed by atoms with E-state index < -0.39 is 15.8 Å². The van der Waals surface area contributed by atoms with Gasteiger partial charge in [0.05, 0.1) is 10.6 Å². The van der Waals surface area contributed by atoms with E-state index >= 15 is 0 Å². The van der Waals surface area contributed by atoms with Gasteiger partial charge in [-0.3, -0.25) is 4.31 Å². The minimum Gasteiger partial charge on any atom is -0.332 e. The molecule has 0 radical (unpaired) electrons. The fourth-order valence-electron chi connectivity index (χ4n) is 2.68. The highest BCUT2D eigenvalue weighted by atomic mass is 32.2. The standard InChI is InChI=1S/C21H19F2N3O2S3/c1-26(17-7-3-2-4-8-17)31(27,28)19-9-5-6-16(14-19)25-21(29)24-15-10-12-18(13-11-15)30-20(22)23/h2-14,20H,1H3,(H2,24,25,29). The fraction of sp³-hybridized carbons (Fsp3) is 0.0952. The molecule has 0 spiro atoms. The monoisotopic (exact) mass is 479 g/mol. The maximum Gasteiger partial charge on any atom is 0.288 e. The van der Waals surface area contributed by atoms with Gasteiger partial charge in [0.1, 0.15) is 0 Å². The summed E-state index contributed by atoms with van der Waals surface area (Å²) >= 11 is 5.74. The third-order valence-corrected chi connectivity index (χ3v) is 6.92. The number of para-hydroxylation sites is 1. The Balaban J connectivity index is 1.69. The molecule has 3 rings (SSSR count). The third kappa shape index (κ3) is 6.16. The molecule has 162 valence electrons. The predicted molar refractivity (Wildman–Crippen MR) is 127 cm³/mol. The minimum absolute atomic E-state index is 0.111. The van der Waals surface area contributed by atoms with E-state index in [0.29, 0.717) is 33.7 Å². The van der Waals surface area contributed by atoms with Crippen molar-refractivity contribution in [3.63, 3.8) is 0 Å². The molecule has 0 aliphatic heterocycles. The number of thioether (sulfide) groups is 1. The first-order valence-corrected chi connectivity index (χ1v) is 11.8. The van der Waals surface area contributed by atoms with Crippen molar-refractivity contribution in [2.75, 3.05) is 22.0 Å². The topological polar surface area (TPSA) is 61.4 Å². The highest BCUT2D eigenvalue weighted by Crippen LogP contribution is 2.26. The molecule has 0 bridgehead atoms. The molecule has 3 aromatic rings. The van der Waals surface area contributed by atoms with Crippen LogP contribution in [0.3, 0.4) is 0 Å². The normalized spacial score (nSPS) is 11.2. The molecule has 0 aliphatic rings. The molecule has 3 aromatic carbocycles. The van der Waals surface area contributed by atoms with Gasteiger partial charge in [-0.1, -0.05) is 36.0 Å². The second-order valence-electron chi connectivity index (χ2n) is 6.32. The summed E-state index contributed by atoms with van der Waals surface area (Å²) in [6.45, 7) is 0. The fourth-order valence-corrected chi connectivity index (χ4v) is 4.66. The lowest BCUT2D eigenvalue weighted by atomic mass is 10.3. The molecule has 0 aromatic heterocycles. The van der Waals surface area contributed by atoms with Crippen molar-refractivity contribution < 1.29 is 17.2 Å². The number of sulfonamides is 1. The number of nitrogens with zero attached hydrogens (tertiary/aromatic N) is 1. The van der Waals surface area contributed by atoms with E-state index in [1.165, 1.54) is 23.5 Å². The van der Waals surface area contributed by atoms with E-state index in [1.807, 2.05) is 6.07 Å². The molecule has 0 saturated heterocycles. The number of rotatable bonds is 7. The molecule has 10 heteroatoms. The van der Waals surface area contributed by atoms with E-state index in [4.69, 9.17) is 12.2 Å². The first kappa shape index (κ1) is 23.0. The van der Waals surface area contributed by atoms with Crippen molar-refractivity contribution in [1.29, 1.82) is 0 Å². The van der Waals surface area contributed by atoms with Gasteiger partial charge in [0.25, 0.3) is 15.8 Å². The van der Waals surface area contributed by atoms with Crippen molar-refractivity contribution >= 4 is 56.2 Å². The molecule has 5 nitrogen and oxygen atoms in total. The summed E-state index contributed by atoms with van der Waals surface area (Å²) in [5, 5.41) is 6.12. The smallest absolute Gasteiger partial charge is 0.288 e. The van der Waals surface area contributed by atoms with Crippen LogP contribution in [0.2, 0.25) is 0 Å². The minimum atomic E-state index is -3.76. The summed E-state index contributed by atoms with van der Waals surface area (Å²) in [5.74, 6) is -2.48. The Bertz CT molecular complexity index is 1140. The van der Waals surface area contributed by atoms with E-state index in [1.54, 1.807) is 60.7 Å². The van der Waals surface area contributed by atoms with Crippen LogP contribution in [0, 0.1) is 0 Å². The van der Waals surface area contributed by atoms with E-state index in [9.17, 15) is 17.2 Å². The number of hydrogen-bond acceptors (Lipinski definition) is 4. The Labute approximate surface area is 189 Å². The lowest BCUT2D eigenvalue weighted by Crippen LogP contribution is -2.26. The van der Waals surface area contributed by atoms with Crippen LogP contribution in [0.25, 0.3) is 0 Å². The molecular formula is C21H19F2N3O2S3. The molecule has 0 atom stereocenters. The summed E-state index contributed by atoms with van der Waals surface area (Å²) in [7, 11) is -2.26. The number of alkyl halides is 2. The maximum atomic E-state index is 13.0. The van der Waals surface area contributed by atoms with Gasteiger partial charge in [-0.25, -0.2) is 8.42 Å². The highest BCUT2D eigenvalue weighted by Gasteiger charge is 2.21. The SMILES string of the molecule is CN(c1ccccc1)S(=O)(=O)c1cccc(NC(=S)Nc2ccc(SC(F)F)cc2)c1. The third-order valence-electron chi connectivity index (χ3n) is 4.21. The molecule has 0 amide bonds. The first-order chi connectivity index (χ1) is 14.8. The van der Waals surface area contributed by atoms with E-state index in [0.717, 1.165) is 0 Å². The summed E-state index contributed by atoms with van der Waals surface area (Å²) in [6.07, 6.45) is 0. The van der Waals surface area contributed by atoms with Crippen molar-refractivity contribution in [2.45, 2.75) is 15.5 Å². The Hall–Kier alpha value is -2.69. The zero-order valence-corrected chi connectivity index (χ0v) is 18.8. The maximum absolute atomic E-state index is 13.0. The lowest BCUT2D eigenvalue weighted by molar-refractivity contribution is 0.252. The largest absolute Gasteiger partial charge is 0.332 e. The Morgan fingerprint density at radius 1 is 0.935 bits per heavy atom. The molecule has 2 N–H and O–H groups in total. The van der Waals surface area contributed by atoms with Crippen LogP contribution in [-0.4, -0.2) is 26.3 Å². The van der Waals surface area contributed by atoms with Gasteiger partial charge >= 0.3 is 0 Å². The van der Waals surface area contributed by atoms with Crippen LogP contribution in [0.1, 0.15) is 0 Å². The summed E-state index contributed by atoms with van der Waals surface area (Å²) < 4.78 is 52.0. The Kier molecular flexibility index (Phi) is 7.47. The number of thiocarbonyl (C=S) groups is 1. The zero-order chi connectivity index (χ0) is 22.4. The van der Waals surface area contributed by atoms with E-state index in [2.05, 4.69) is 10.6 Å². The van der Waals surface area contributed by atoms with Gasteiger partial charge < -0.3 is 10.6 Å². The molecule has 0 heterocycles. The van der Waals surface area contributed by atoms with Crippen molar-refractivity contribution in [3.05, 3.63) is 78.9 Å². The van der Waals surface area contributed by atoms with Crippen LogP contribution < -0.4 is 14.9 Å². The van der Waals surface area contributed by atoms with Gasteiger partial charge in [0.2, 0.25) is 0 Å². The average molecular weight is 480 g/mol. The number of hydrogen-bond donors (Lipinski definition) is 2. The van der Waals surface area contributed by atoms with Gasteiger partial charge in [-0.05, 0) is 66.8 Å². The Morgan fingerprint density at radius 2 is 1.58 bits per heavy atom. The van der Waals surface area contributed by atoms with Crippen molar-refractivity contribution in [1.82, 2.24) is 0 Å². The Morgan fingerprint density at radius 3 is 2.23 bits per heavy atom. The van der Waals surface area contributed by atoms with Crippen LogP contribution >= 0.6 is 24.0 Å². The summed E-state index contributed by atoms with van der Waals surface area (Å²) in [6, 6.07) is 21.5. The van der Waals surface area contributed by atoms with Gasteiger partial charge in [0, 0.05) is 23.3 Å². The molecular weight excluding hydrogens is 460 g/mol. The first-order valence-electron chi connectivity index (χ1n) is 9.02. The predicted octanol–water partition coefficient (Wildman–Crippen LogP) is 5.64. The van der Waals surface area contributed by atoms with Gasteiger partial charge in [0.15, 0.2) is 5.11 Å². The second-order valence-corrected chi connectivity index (χ2v) is 9.76. The van der Waals surface area contributed by atoms with Gasteiger partial charge in [-0.15, -0.1) is 0 Å². The van der Waals surface area contributed by atoms with Crippen LogP contribution in [0.5, 0.6) is 0 Å². The van der Waals surface area contributed by atoms with E-state index in [-0.39, 0.29) is 10.0 Å². The summed E-state index contributed by atoms with van der Waals surface area (Å²) in [4.78, 5) is 0.555. The molecule has 0 saturated carbocycles. The highest BCUT2D eigenvalue weighted by molar-refractivity contribution is 7.99. The van der Waals surface area contributed by atoms with Crippen molar-refractivity contribution in [3.8, 4) is 0 Å². The molecule has 31 heavy (non-hydrogen) atoms. The summed E-state index contributed by atoms with van der Waals surface area (Å²) in [5.41, 5.74) is 1.65. The van der Waals surface area contributed by atoms with Crippen molar-refractivity contribution in [2.24, 2.45) is 0 Å². The average Bonchev–Trinajstić information content (AvgIpc) is 2.75. The number of anilines is 3. The number of halogens is 2. The van der Waals surface area contributed by atoms with Crippen LogP contribution in [0.4, 0.5) is 25.8 Å². The lowest BCUT2D eigenvalue weighted by Gasteiger charge is -2.20. The number of benzene rings is 3. The quantitative estimate of drug-likeness (QED) is 0.338.